The first kappa shape index (κ1) is 14.8. The van der Waals surface area contributed by atoms with Gasteiger partial charge in [0.2, 0.25) is 0 Å². The summed E-state index contributed by atoms with van der Waals surface area (Å²) in [5, 5.41) is 12.1. The quantitative estimate of drug-likeness (QED) is 0.477. The van der Waals surface area contributed by atoms with Crippen LogP contribution >= 0.6 is 0 Å². The van der Waals surface area contributed by atoms with Gasteiger partial charge < -0.3 is 0 Å². The summed E-state index contributed by atoms with van der Waals surface area (Å²) in [7, 11) is 3.06. The van der Waals surface area contributed by atoms with Crippen molar-refractivity contribution in [2.24, 2.45) is 0 Å². The molecule has 0 fully saturated rings. The zero-order valence-electron chi connectivity index (χ0n) is 10.2. The number of hydrogen-bond donors (Lipinski definition) is 3. The standard InChI is InChI=1S/C10H15AsN2O5/c1-7(14)13(12(2)3)10-8(11(16,17)18)5-4-6-9(10)15/h4-6,15H,1-3H3,(H2,16,17,18). The molecular formula is C10H15AsN2O5. The van der Waals surface area contributed by atoms with E-state index in [2.05, 4.69) is 0 Å². The first-order chi connectivity index (χ1) is 8.16. The van der Waals surface area contributed by atoms with Gasteiger partial charge in [-0.15, -0.1) is 0 Å². The van der Waals surface area contributed by atoms with E-state index in [4.69, 9.17) is 0 Å². The maximum absolute atomic E-state index is 11.5. The van der Waals surface area contributed by atoms with Crippen LogP contribution in [-0.4, -0.2) is 52.5 Å². The van der Waals surface area contributed by atoms with E-state index in [0.29, 0.717) is 0 Å². The average molecular weight is 318 g/mol. The van der Waals surface area contributed by atoms with Crippen LogP contribution in [0, 0.1) is 0 Å². The fraction of sp³-hybridized carbons (Fsp3) is 0.300. The van der Waals surface area contributed by atoms with Crippen molar-refractivity contribution in [3.8, 4) is 5.75 Å². The first-order valence-corrected chi connectivity index (χ1v) is 8.40. The number of hydrogen-bond acceptors (Lipinski definition) is 4. The molecule has 0 bridgehead atoms. The van der Waals surface area contributed by atoms with Crippen molar-refractivity contribution >= 4 is 30.1 Å². The predicted octanol–water partition coefficient (Wildman–Crippen LogP) is -1.22. The molecule has 1 rings (SSSR count). The molecule has 8 heteroatoms. The molecule has 100 valence electrons. The van der Waals surface area contributed by atoms with Crippen molar-refractivity contribution in [2.45, 2.75) is 6.92 Å². The molecule has 1 amide bonds. The zero-order valence-corrected chi connectivity index (χ0v) is 12.1. The van der Waals surface area contributed by atoms with Crippen molar-refractivity contribution in [2.75, 3.05) is 19.1 Å². The van der Waals surface area contributed by atoms with E-state index in [1.807, 2.05) is 0 Å². The fourth-order valence-corrected chi connectivity index (χ4v) is 3.22. The summed E-state index contributed by atoms with van der Waals surface area (Å²) in [4.78, 5) is 11.5. The van der Waals surface area contributed by atoms with Crippen LogP contribution < -0.4 is 9.36 Å². The Bertz CT molecular complexity index is 511. The number of benzene rings is 1. The third-order valence-electron chi connectivity index (χ3n) is 2.22. The van der Waals surface area contributed by atoms with E-state index < -0.39 is 20.1 Å². The monoisotopic (exact) mass is 318 g/mol. The second-order valence-corrected chi connectivity index (χ2v) is 7.16. The molecule has 0 aliphatic carbocycles. The van der Waals surface area contributed by atoms with E-state index in [1.54, 1.807) is 0 Å². The molecule has 0 unspecified atom stereocenters. The van der Waals surface area contributed by atoms with Crippen molar-refractivity contribution in [3.63, 3.8) is 0 Å². The molecule has 0 atom stereocenters. The van der Waals surface area contributed by atoms with Crippen LogP contribution in [-0.2, 0) is 8.53 Å². The summed E-state index contributed by atoms with van der Waals surface area (Å²) >= 11 is -5.25. The summed E-state index contributed by atoms with van der Waals surface area (Å²) in [6.07, 6.45) is 0. The van der Waals surface area contributed by atoms with Gasteiger partial charge in [-0.05, 0) is 0 Å². The Hall–Kier alpha value is -1.27. The molecule has 1 aromatic rings. The van der Waals surface area contributed by atoms with Crippen molar-refractivity contribution in [1.82, 2.24) is 5.01 Å². The Balaban J connectivity index is 3.56. The Morgan fingerprint density at radius 2 is 1.83 bits per heavy atom. The van der Waals surface area contributed by atoms with Gasteiger partial charge in [-0.2, -0.15) is 0 Å². The number of para-hydroxylation sites is 1. The molecule has 1 aromatic carbocycles. The molecule has 0 aromatic heterocycles. The number of rotatable bonds is 3. The van der Waals surface area contributed by atoms with Crippen molar-refractivity contribution in [1.29, 1.82) is 0 Å². The van der Waals surface area contributed by atoms with Crippen LogP contribution in [0.15, 0.2) is 18.2 Å². The van der Waals surface area contributed by atoms with Crippen LogP contribution in [0.5, 0.6) is 5.75 Å². The van der Waals surface area contributed by atoms with E-state index >= 15 is 0 Å². The fourth-order valence-electron chi connectivity index (χ4n) is 1.61. The summed E-state index contributed by atoms with van der Waals surface area (Å²) in [6, 6.07) is 3.79. The molecule has 0 saturated heterocycles. The van der Waals surface area contributed by atoms with Crippen LogP contribution in [0.4, 0.5) is 5.69 Å². The number of amides is 1. The van der Waals surface area contributed by atoms with Gasteiger partial charge >= 0.3 is 107 Å². The van der Waals surface area contributed by atoms with Gasteiger partial charge in [-0.25, -0.2) is 0 Å². The first-order valence-electron chi connectivity index (χ1n) is 5.02. The zero-order chi connectivity index (χ0) is 14.1. The summed E-state index contributed by atoms with van der Waals surface area (Å²) in [5.74, 6) is -0.826. The van der Waals surface area contributed by atoms with Crippen molar-refractivity contribution < 1.29 is 21.8 Å². The Labute approximate surface area is 107 Å². The van der Waals surface area contributed by atoms with Crippen LogP contribution in [0.1, 0.15) is 6.92 Å². The number of aromatic hydroxyl groups is 1. The molecule has 0 radical (unpaired) electrons. The third-order valence-corrected chi connectivity index (χ3v) is 4.29. The molecule has 0 spiro atoms. The minimum atomic E-state index is -5.25. The third kappa shape index (κ3) is 2.94. The second kappa shape index (κ2) is 5.15. The van der Waals surface area contributed by atoms with E-state index in [9.17, 15) is 21.8 Å². The number of anilines is 1. The van der Waals surface area contributed by atoms with E-state index in [-0.39, 0.29) is 15.8 Å². The molecule has 0 saturated carbocycles. The number of nitrogens with zero attached hydrogens (tertiary/aromatic N) is 2. The number of carbonyl (C=O) groups excluding carboxylic acids is 1. The normalized spacial score (nSPS) is 11.7. The number of hydrazine groups is 1. The molecule has 0 aliphatic rings. The SMILES string of the molecule is CC(=O)N(c1c(O)cccc1[As](=O)(O)O)N(C)C. The van der Waals surface area contributed by atoms with Crippen LogP contribution in [0.25, 0.3) is 0 Å². The van der Waals surface area contributed by atoms with Gasteiger partial charge in [0.05, 0.1) is 0 Å². The van der Waals surface area contributed by atoms with Gasteiger partial charge in [0, 0.05) is 0 Å². The van der Waals surface area contributed by atoms with Gasteiger partial charge in [-0.3, -0.25) is 0 Å². The molecular weight excluding hydrogens is 303 g/mol. The predicted molar refractivity (Wildman–Crippen MR) is 65.5 cm³/mol. The van der Waals surface area contributed by atoms with Gasteiger partial charge in [-0.1, -0.05) is 0 Å². The maximum atomic E-state index is 11.5. The number of phenols is 1. The molecule has 3 N–H and O–H groups in total. The average Bonchev–Trinajstić information content (AvgIpc) is 2.17. The van der Waals surface area contributed by atoms with Gasteiger partial charge in [0.25, 0.3) is 0 Å². The van der Waals surface area contributed by atoms with Crippen molar-refractivity contribution in [3.05, 3.63) is 18.2 Å². The van der Waals surface area contributed by atoms with E-state index in [0.717, 1.165) is 5.01 Å². The molecule has 18 heavy (non-hydrogen) atoms. The Kier molecular flexibility index (Phi) is 4.23. The number of carbonyl (C=O) groups is 1. The molecule has 7 nitrogen and oxygen atoms in total. The number of phenolic OH excluding ortho intramolecular Hbond substituents is 1. The topological polar surface area (TPSA) is 101 Å². The van der Waals surface area contributed by atoms with Gasteiger partial charge in [0.1, 0.15) is 0 Å². The summed E-state index contributed by atoms with van der Waals surface area (Å²) in [6.45, 7) is 1.24. The van der Waals surface area contributed by atoms with Crippen LogP contribution in [0.3, 0.4) is 0 Å². The minimum absolute atomic E-state index is 0.178. The van der Waals surface area contributed by atoms with E-state index in [1.165, 1.54) is 44.2 Å². The van der Waals surface area contributed by atoms with Crippen LogP contribution in [0.2, 0.25) is 0 Å². The van der Waals surface area contributed by atoms with Gasteiger partial charge in [0.15, 0.2) is 0 Å². The Morgan fingerprint density at radius 1 is 1.28 bits per heavy atom. The second-order valence-electron chi connectivity index (χ2n) is 3.87. The summed E-state index contributed by atoms with van der Waals surface area (Å²) < 4.78 is 29.7. The summed E-state index contributed by atoms with van der Waals surface area (Å²) in [5.41, 5.74) is -0.178. The molecule has 0 heterocycles. The Morgan fingerprint density at radius 3 is 2.22 bits per heavy atom. The molecule has 0 aliphatic heterocycles.